The van der Waals surface area contributed by atoms with E-state index in [0.717, 1.165) is 39.0 Å². The van der Waals surface area contributed by atoms with E-state index in [1.807, 2.05) is 4.90 Å². The molecule has 0 aliphatic carbocycles. The van der Waals surface area contributed by atoms with Crippen LogP contribution in [-0.4, -0.2) is 87.6 Å². The molecule has 0 aliphatic heterocycles. The lowest BCUT2D eigenvalue weighted by atomic mass is 10.3. The molecule has 0 bridgehead atoms. The third kappa shape index (κ3) is 11.2. The van der Waals surface area contributed by atoms with Gasteiger partial charge in [-0.1, -0.05) is 13.8 Å². The first-order valence-electron chi connectivity index (χ1n) is 7.63. The minimum Gasteiger partial charge on any atom is -0.341 e. The van der Waals surface area contributed by atoms with E-state index in [0.29, 0.717) is 12.6 Å². The molecular weight excluding hydrogens is 252 g/mol. The predicted octanol–water partition coefficient (Wildman–Crippen LogP) is 0.716. The van der Waals surface area contributed by atoms with Crippen molar-refractivity contribution in [3.05, 3.63) is 0 Å². The van der Waals surface area contributed by atoms with Gasteiger partial charge in [0, 0.05) is 19.1 Å². The van der Waals surface area contributed by atoms with E-state index in [9.17, 15) is 4.79 Å². The summed E-state index contributed by atoms with van der Waals surface area (Å²) in [6, 6.07) is 0.351. The van der Waals surface area contributed by atoms with Crippen molar-refractivity contribution in [2.24, 2.45) is 0 Å². The summed E-state index contributed by atoms with van der Waals surface area (Å²) in [5.41, 5.74) is 0. The summed E-state index contributed by atoms with van der Waals surface area (Å²) in [6.07, 6.45) is 2.06. The molecule has 0 unspecified atom stereocenters. The van der Waals surface area contributed by atoms with E-state index in [-0.39, 0.29) is 5.91 Å². The van der Waals surface area contributed by atoms with Crippen LogP contribution in [0.1, 0.15) is 26.7 Å². The Kier molecular flexibility index (Phi) is 10.7. The number of nitrogens with zero attached hydrogens (tertiary/aromatic N) is 3. The van der Waals surface area contributed by atoms with Crippen LogP contribution < -0.4 is 5.32 Å². The summed E-state index contributed by atoms with van der Waals surface area (Å²) in [7, 11) is 8.27. The van der Waals surface area contributed by atoms with Crippen LogP contribution in [0.15, 0.2) is 0 Å². The van der Waals surface area contributed by atoms with Crippen molar-refractivity contribution in [3.8, 4) is 0 Å². The highest BCUT2D eigenvalue weighted by Crippen LogP contribution is 1.98. The van der Waals surface area contributed by atoms with Crippen LogP contribution in [0.5, 0.6) is 0 Å². The molecule has 0 spiro atoms. The monoisotopic (exact) mass is 286 g/mol. The highest BCUT2D eigenvalue weighted by atomic mass is 16.2. The average molecular weight is 286 g/mol. The smallest absolute Gasteiger partial charge is 0.236 e. The molecule has 0 saturated carbocycles. The molecule has 20 heavy (non-hydrogen) atoms. The molecule has 0 fully saturated rings. The molecule has 5 heteroatoms. The number of hydrogen-bond acceptors (Lipinski definition) is 4. The van der Waals surface area contributed by atoms with Crippen molar-refractivity contribution in [2.45, 2.75) is 32.7 Å². The van der Waals surface area contributed by atoms with Crippen molar-refractivity contribution < 1.29 is 4.79 Å². The summed E-state index contributed by atoms with van der Waals surface area (Å²) in [5.74, 6) is 0.219. The van der Waals surface area contributed by atoms with Crippen LogP contribution in [0.4, 0.5) is 0 Å². The van der Waals surface area contributed by atoms with Gasteiger partial charge in [0.05, 0.1) is 6.54 Å². The maximum Gasteiger partial charge on any atom is 0.236 e. The van der Waals surface area contributed by atoms with Crippen molar-refractivity contribution in [3.63, 3.8) is 0 Å². The van der Waals surface area contributed by atoms with Gasteiger partial charge < -0.3 is 20.0 Å². The van der Waals surface area contributed by atoms with Crippen LogP contribution in [0.2, 0.25) is 0 Å². The summed E-state index contributed by atoms with van der Waals surface area (Å²) < 4.78 is 0. The van der Waals surface area contributed by atoms with Crippen LogP contribution in [0.3, 0.4) is 0 Å². The summed E-state index contributed by atoms with van der Waals surface area (Å²) in [5, 5.41) is 3.21. The molecule has 0 aromatic carbocycles. The highest BCUT2D eigenvalue weighted by Gasteiger charge is 2.13. The maximum atomic E-state index is 12.2. The third-order valence-electron chi connectivity index (χ3n) is 3.08. The Morgan fingerprint density at radius 1 is 0.900 bits per heavy atom. The van der Waals surface area contributed by atoms with Gasteiger partial charge >= 0.3 is 0 Å². The maximum absolute atomic E-state index is 12.2. The van der Waals surface area contributed by atoms with Crippen LogP contribution in [0, 0.1) is 0 Å². The number of amides is 1. The second-order valence-corrected chi connectivity index (χ2v) is 6.23. The number of carbonyl (C=O) groups excluding carboxylic acids is 1. The second kappa shape index (κ2) is 11.1. The molecule has 1 amide bonds. The predicted molar refractivity (Wildman–Crippen MR) is 86.1 cm³/mol. The minimum atomic E-state index is 0.219. The number of nitrogens with one attached hydrogen (secondary N) is 1. The fraction of sp³-hybridized carbons (Fsp3) is 0.933. The first kappa shape index (κ1) is 19.4. The van der Waals surface area contributed by atoms with Crippen molar-refractivity contribution in [1.29, 1.82) is 0 Å². The van der Waals surface area contributed by atoms with E-state index < -0.39 is 0 Å². The SMILES string of the molecule is CC(C)NCC(=O)N(CCCN(C)C)CCCN(C)C. The number of rotatable bonds is 11. The Bertz CT molecular complexity index is 240. The zero-order valence-electron chi connectivity index (χ0n) is 14.3. The molecule has 0 aromatic heterocycles. The lowest BCUT2D eigenvalue weighted by Crippen LogP contribution is -2.42. The quantitative estimate of drug-likeness (QED) is 0.607. The zero-order chi connectivity index (χ0) is 15.5. The van der Waals surface area contributed by atoms with Gasteiger partial charge in [0.1, 0.15) is 0 Å². The average Bonchev–Trinajstić information content (AvgIpc) is 2.33. The second-order valence-electron chi connectivity index (χ2n) is 6.23. The van der Waals surface area contributed by atoms with Crippen LogP contribution in [-0.2, 0) is 4.79 Å². The lowest BCUT2D eigenvalue weighted by Gasteiger charge is -2.25. The first-order valence-corrected chi connectivity index (χ1v) is 7.63. The molecule has 5 nitrogen and oxygen atoms in total. The Hall–Kier alpha value is -0.650. The summed E-state index contributed by atoms with van der Waals surface area (Å²) >= 11 is 0. The Labute approximate surface area is 125 Å². The van der Waals surface area contributed by atoms with Gasteiger partial charge in [-0.25, -0.2) is 0 Å². The normalized spacial score (nSPS) is 11.7. The van der Waals surface area contributed by atoms with Crippen molar-refractivity contribution >= 4 is 5.91 Å². The fourth-order valence-electron chi connectivity index (χ4n) is 1.92. The molecule has 120 valence electrons. The standard InChI is InChI=1S/C15H34N4O/c1-14(2)16-13-15(20)19(11-7-9-17(3)4)12-8-10-18(5)6/h14,16H,7-13H2,1-6H3. The van der Waals surface area contributed by atoms with E-state index in [2.05, 4.69) is 57.2 Å². The van der Waals surface area contributed by atoms with Crippen molar-refractivity contribution in [1.82, 2.24) is 20.0 Å². The van der Waals surface area contributed by atoms with E-state index >= 15 is 0 Å². The first-order chi connectivity index (χ1) is 9.32. The molecule has 0 radical (unpaired) electrons. The van der Waals surface area contributed by atoms with Gasteiger partial charge in [-0.05, 0) is 54.1 Å². The molecule has 0 atom stereocenters. The summed E-state index contributed by atoms with van der Waals surface area (Å²) in [6.45, 7) is 8.32. The van der Waals surface area contributed by atoms with Gasteiger partial charge in [0.15, 0.2) is 0 Å². The molecule has 0 saturated heterocycles. The molecule has 1 N–H and O–H groups in total. The largest absolute Gasteiger partial charge is 0.341 e. The van der Waals surface area contributed by atoms with E-state index in [4.69, 9.17) is 0 Å². The fourth-order valence-corrected chi connectivity index (χ4v) is 1.92. The lowest BCUT2D eigenvalue weighted by molar-refractivity contribution is -0.130. The van der Waals surface area contributed by atoms with Gasteiger partial charge in [-0.3, -0.25) is 4.79 Å². The number of hydrogen-bond donors (Lipinski definition) is 1. The van der Waals surface area contributed by atoms with Gasteiger partial charge in [0.2, 0.25) is 5.91 Å². The van der Waals surface area contributed by atoms with Gasteiger partial charge in [-0.15, -0.1) is 0 Å². The third-order valence-corrected chi connectivity index (χ3v) is 3.08. The minimum absolute atomic E-state index is 0.219. The van der Waals surface area contributed by atoms with Gasteiger partial charge in [-0.2, -0.15) is 0 Å². The summed E-state index contributed by atoms with van der Waals surface area (Å²) in [4.78, 5) is 18.6. The zero-order valence-corrected chi connectivity index (χ0v) is 14.3. The highest BCUT2D eigenvalue weighted by molar-refractivity contribution is 5.78. The molecule has 0 aliphatic rings. The molecule has 0 rings (SSSR count). The van der Waals surface area contributed by atoms with E-state index in [1.165, 1.54) is 0 Å². The van der Waals surface area contributed by atoms with Crippen LogP contribution >= 0.6 is 0 Å². The van der Waals surface area contributed by atoms with E-state index in [1.54, 1.807) is 0 Å². The molecule has 0 heterocycles. The van der Waals surface area contributed by atoms with Crippen molar-refractivity contribution in [2.75, 3.05) is 60.9 Å². The number of carbonyl (C=O) groups is 1. The molecule has 0 aromatic rings. The van der Waals surface area contributed by atoms with Crippen LogP contribution in [0.25, 0.3) is 0 Å². The van der Waals surface area contributed by atoms with Gasteiger partial charge in [0.25, 0.3) is 0 Å². The Balaban J connectivity index is 4.18. The Morgan fingerprint density at radius 2 is 1.35 bits per heavy atom. The Morgan fingerprint density at radius 3 is 1.70 bits per heavy atom. The molecular formula is C15H34N4O. The topological polar surface area (TPSA) is 38.8 Å².